The third-order valence-electron chi connectivity index (χ3n) is 7.55. The summed E-state index contributed by atoms with van der Waals surface area (Å²) in [6.45, 7) is 3.83. The van der Waals surface area contributed by atoms with Crippen LogP contribution in [0.2, 0.25) is 0 Å². The summed E-state index contributed by atoms with van der Waals surface area (Å²) in [4.78, 5) is 3.84. The molecule has 0 fully saturated rings. The van der Waals surface area contributed by atoms with E-state index < -0.39 is 0 Å². The van der Waals surface area contributed by atoms with Crippen LogP contribution in [0.1, 0.15) is 19.3 Å². The van der Waals surface area contributed by atoms with Gasteiger partial charge in [0.15, 0.2) is 24.8 Å². The van der Waals surface area contributed by atoms with Gasteiger partial charge >= 0.3 is 0 Å². The van der Waals surface area contributed by atoms with E-state index in [1.54, 1.807) is 0 Å². The molecule has 0 unspecified atom stereocenters. The Kier molecular flexibility index (Phi) is 14.8. The Hall–Kier alpha value is -4.62. The van der Waals surface area contributed by atoms with Crippen molar-refractivity contribution in [3.8, 4) is 0 Å². The molecule has 0 atom stereocenters. The number of aromatic nitrogens is 2. The lowest BCUT2D eigenvalue weighted by Crippen LogP contribution is -2.33. The van der Waals surface area contributed by atoms with Crippen LogP contribution >= 0.6 is 0 Å². The van der Waals surface area contributed by atoms with Crippen LogP contribution in [0, 0.1) is 0 Å². The topological polar surface area (TPSA) is 145 Å². The van der Waals surface area contributed by atoms with E-state index in [1.807, 2.05) is 107 Å². The van der Waals surface area contributed by atoms with Crippen LogP contribution in [0.25, 0.3) is 0 Å². The lowest BCUT2D eigenvalue weighted by atomic mass is 10.2. The van der Waals surface area contributed by atoms with Gasteiger partial charge in [-0.05, 0) is 55.0 Å². The molecule has 2 aromatic heterocycles. The number of unbranched alkanes of at least 4 members (excludes halogenated alkanes) is 2. The maximum Gasteiger partial charge on any atom is 0.171 e. The van der Waals surface area contributed by atoms with Crippen molar-refractivity contribution in [1.82, 2.24) is 0 Å². The van der Waals surface area contributed by atoms with Crippen molar-refractivity contribution in [2.45, 2.75) is 32.4 Å². The third kappa shape index (κ3) is 11.9. The number of benzene rings is 2. The van der Waals surface area contributed by atoms with E-state index in [4.69, 9.17) is 0 Å². The van der Waals surface area contributed by atoms with Gasteiger partial charge in [-0.25, -0.2) is 9.13 Å². The minimum absolute atomic E-state index is 0.0264. The van der Waals surface area contributed by atoms with Crippen LogP contribution in [-0.4, -0.2) is 73.0 Å². The van der Waals surface area contributed by atoms with E-state index in [0.717, 1.165) is 66.5 Å². The molecule has 4 rings (SSSR count). The highest BCUT2D eigenvalue weighted by Crippen LogP contribution is 2.23. The van der Waals surface area contributed by atoms with Gasteiger partial charge in [-0.15, -0.1) is 0 Å². The number of aliphatic hydroxyl groups is 4. The molecule has 0 aliphatic carbocycles. The van der Waals surface area contributed by atoms with Gasteiger partial charge in [0.25, 0.3) is 0 Å². The predicted molar refractivity (Wildman–Crippen MR) is 181 cm³/mol. The lowest BCUT2D eigenvalue weighted by Gasteiger charge is -2.22. The maximum atomic E-state index is 9.23. The zero-order chi connectivity index (χ0) is 33.1. The first kappa shape index (κ1) is 35.2. The monoisotopic (exact) mass is 642 g/mol. The Morgan fingerprint density at radius 2 is 0.702 bits per heavy atom. The third-order valence-corrected chi connectivity index (χ3v) is 7.55. The molecule has 0 aliphatic heterocycles. The zero-order valence-corrected chi connectivity index (χ0v) is 26.8. The molecule has 12 heteroatoms. The second-order valence-corrected chi connectivity index (χ2v) is 11.0. The highest BCUT2D eigenvalue weighted by Gasteiger charge is 2.07. The van der Waals surface area contributed by atoms with E-state index in [0.29, 0.717) is 26.2 Å². The lowest BCUT2D eigenvalue weighted by molar-refractivity contribution is -0.701. The summed E-state index contributed by atoms with van der Waals surface area (Å²) < 4.78 is 4.32. The van der Waals surface area contributed by atoms with E-state index >= 15 is 0 Å². The van der Waals surface area contributed by atoms with Crippen molar-refractivity contribution >= 4 is 34.1 Å². The molecule has 0 aliphatic rings. The van der Waals surface area contributed by atoms with Crippen LogP contribution in [0.15, 0.2) is 118 Å². The Morgan fingerprint density at radius 1 is 0.404 bits per heavy atom. The number of anilines is 2. The van der Waals surface area contributed by atoms with E-state index in [-0.39, 0.29) is 26.4 Å². The van der Waals surface area contributed by atoms with E-state index in [2.05, 4.69) is 29.6 Å². The molecule has 2 heterocycles. The van der Waals surface area contributed by atoms with Crippen molar-refractivity contribution in [3.63, 3.8) is 0 Å². The van der Waals surface area contributed by atoms with Gasteiger partial charge in [-0.2, -0.15) is 20.5 Å². The summed E-state index contributed by atoms with van der Waals surface area (Å²) in [7, 11) is 0. The maximum absolute atomic E-state index is 9.23. The minimum atomic E-state index is 0.0264. The summed E-state index contributed by atoms with van der Waals surface area (Å²) in [5, 5.41) is 54.3. The average Bonchev–Trinajstić information content (AvgIpc) is 3.11. The molecule has 0 amide bonds. The molecule has 47 heavy (non-hydrogen) atoms. The molecule has 2 aromatic carbocycles. The van der Waals surface area contributed by atoms with E-state index in [9.17, 15) is 20.4 Å². The highest BCUT2D eigenvalue weighted by molar-refractivity contribution is 5.54. The summed E-state index contributed by atoms with van der Waals surface area (Å²) in [5.41, 5.74) is 4.88. The predicted octanol–water partition coefficient (Wildman–Crippen LogP) is 4.54. The first-order chi connectivity index (χ1) is 23.1. The molecule has 12 nitrogen and oxygen atoms in total. The fourth-order valence-electron chi connectivity index (χ4n) is 5.01. The first-order valence-corrected chi connectivity index (χ1v) is 16.1. The summed E-state index contributed by atoms with van der Waals surface area (Å²) in [5.74, 6) is 0. The van der Waals surface area contributed by atoms with Gasteiger partial charge in [0, 0.05) is 74.7 Å². The second-order valence-electron chi connectivity index (χ2n) is 11.0. The van der Waals surface area contributed by atoms with Crippen molar-refractivity contribution in [1.29, 1.82) is 0 Å². The smallest absolute Gasteiger partial charge is 0.171 e. The molecule has 0 bridgehead atoms. The fraction of sp³-hybridized carbons (Fsp3) is 0.371. The number of hydrogen-bond donors (Lipinski definition) is 4. The number of rotatable bonds is 20. The fourth-order valence-corrected chi connectivity index (χ4v) is 5.01. The summed E-state index contributed by atoms with van der Waals surface area (Å²) >= 11 is 0. The Balaban J connectivity index is 1.15. The standard InChI is InChI=1S/C35H46N8O4/c44-26-22-42(23-27-45)34-8-4-30(5-9-34)36-38-32-12-18-40(19-13-32)16-2-1-3-17-41-20-14-33(15-21-41)39-37-31-6-10-35(11-7-31)43(24-28-46)25-29-47/h4-15,18-21,44-47H,1-3,16-17,22-29H2/q+2. The van der Waals surface area contributed by atoms with Crippen molar-refractivity contribution in [2.24, 2.45) is 20.5 Å². The number of aryl methyl sites for hydroxylation is 2. The van der Waals surface area contributed by atoms with Crippen LogP contribution in [0.4, 0.5) is 34.1 Å². The highest BCUT2D eigenvalue weighted by atomic mass is 16.3. The van der Waals surface area contributed by atoms with Gasteiger partial charge in [-0.3, -0.25) is 0 Å². The molecule has 0 saturated heterocycles. The molecule has 4 aromatic rings. The zero-order valence-electron chi connectivity index (χ0n) is 26.8. The SMILES string of the molecule is OCCN(CCO)c1ccc(/N=N/c2cc[n+](CCCCC[n+]3ccc(/N=N/c4ccc(N(CCO)CCO)cc4)cc3)cc2)cc1. The molecule has 248 valence electrons. The van der Waals surface area contributed by atoms with Gasteiger partial charge < -0.3 is 30.2 Å². The molecule has 0 radical (unpaired) electrons. The Bertz CT molecular complexity index is 1370. The second kappa shape index (κ2) is 19.8. The molecule has 4 N–H and O–H groups in total. The van der Waals surface area contributed by atoms with Crippen LogP contribution in [0.5, 0.6) is 0 Å². The molecule has 0 spiro atoms. The van der Waals surface area contributed by atoms with Crippen LogP contribution < -0.4 is 18.9 Å². The average molecular weight is 643 g/mol. The minimum Gasteiger partial charge on any atom is -0.395 e. The van der Waals surface area contributed by atoms with Crippen molar-refractivity contribution < 1.29 is 29.6 Å². The van der Waals surface area contributed by atoms with Crippen molar-refractivity contribution in [2.75, 3.05) is 62.4 Å². The Morgan fingerprint density at radius 3 is 1.00 bits per heavy atom. The number of hydrogen-bond acceptors (Lipinski definition) is 10. The van der Waals surface area contributed by atoms with Gasteiger partial charge in [0.2, 0.25) is 0 Å². The molecule has 0 saturated carbocycles. The first-order valence-electron chi connectivity index (χ1n) is 16.1. The number of pyridine rings is 2. The van der Waals surface area contributed by atoms with Crippen LogP contribution in [-0.2, 0) is 13.1 Å². The quantitative estimate of drug-likeness (QED) is 0.0633. The molecular formula is C35H46N8O4+2. The normalized spacial score (nSPS) is 11.5. The van der Waals surface area contributed by atoms with Gasteiger partial charge in [-0.1, -0.05) is 0 Å². The Labute approximate surface area is 276 Å². The number of aliphatic hydroxyl groups excluding tert-OH is 4. The number of azo groups is 2. The van der Waals surface area contributed by atoms with Gasteiger partial charge in [0.05, 0.1) is 49.2 Å². The summed E-state index contributed by atoms with van der Waals surface area (Å²) in [6, 6.07) is 23.0. The number of nitrogens with zero attached hydrogens (tertiary/aromatic N) is 8. The summed E-state index contributed by atoms with van der Waals surface area (Å²) in [6.07, 6.45) is 11.4. The largest absolute Gasteiger partial charge is 0.395 e. The van der Waals surface area contributed by atoms with Gasteiger partial charge in [0.1, 0.15) is 13.1 Å². The van der Waals surface area contributed by atoms with E-state index in [1.165, 1.54) is 0 Å². The molecular weight excluding hydrogens is 596 g/mol. The van der Waals surface area contributed by atoms with Crippen molar-refractivity contribution in [3.05, 3.63) is 97.6 Å². The van der Waals surface area contributed by atoms with Crippen LogP contribution in [0.3, 0.4) is 0 Å².